The minimum absolute atomic E-state index is 0.233. The fourth-order valence-corrected chi connectivity index (χ4v) is 5.17. The van der Waals surface area contributed by atoms with Gasteiger partial charge in [-0.15, -0.1) is 6.58 Å². The summed E-state index contributed by atoms with van der Waals surface area (Å²) in [6, 6.07) is 13.5. The van der Waals surface area contributed by atoms with E-state index in [2.05, 4.69) is 49.1 Å². The Hall–Kier alpha value is -4.91. The van der Waals surface area contributed by atoms with Gasteiger partial charge in [-0.05, 0) is 64.1 Å². The van der Waals surface area contributed by atoms with Crippen LogP contribution in [0, 0.1) is 0 Å². The maximum absolute atomic E-state index is 13.2. The standard InChI is InChI=1S/C32H41N9O4/c1-6-16-40-29(42)25-22-34-30(37-28(25)41(40)26-9-7-10-27(36-26)44-5)35-23-11-13-24(14-12-23)39-20-18-38(19-21-39)17-8-15-33-31(43)45-32(2,3)4/h6-7,9-14,22H,1,8,15-21H2,2-5H3,(H,33,43)(H,34,35,37). The Balaban J connectivity index is 1.20. The lowest BCUT2D eigenvalue weighted by Gasteiger charge is -2.36. The molecule has 3 aromatic heterocycles. The van der Waals surface area contributed by atoms with Gasteiger partial charge in [0.25, 0.3) is 5.56 Å². The molecule has 5 rings (SSSR count). The number of fused-ring (bicyclic) bond motifs is 1. The Bertz CT molecular complexity index is 1680. The third-order valence-electron chi connectivity index (χ3n) is 7.29. The maximum atomic E-state index is 13.2. The second kappa shape index (κ2) is 13.8. The van der Waals surface area contributed by atoms with E-state index in [4.69, 9.17) is 14.5 Å². The van der Waals surface area contributed by atoms with Gasteiger partial charge in [0, 0.05) is 56.4 Å². The zero-order chi connectivity index (χ0) is 32.0. The van der Waals surface area contributed by atoms with Crippen molar-refractivity contribution in [3.8, 4) is 11.7 Å². The van der Waals surface area contributed by atoms with Gasteiger partial charge in [-0.1, -0.05) is 12.1 Å². The molecule has 13 heteroatoms. The number of pyridine rings is 1. The van der Waals surface area contributed by atoms with Crippen molar-refractivity contribution < 1.29 is 14.3 Å². The molecule has 0 spiro atoms. The summed E-state index contributed by atoms with van der Waals surface area (Å²) in [4.78, 5) is 43.4. The fraction of sp³-hybridized carbons (Fsp3) is 0.406. The molecular formula is C32H41N9O4. The predicted molar refractivity (Wildman–Crippen MR) is 175 cm³/mol. The first-order chi connectivity index (χ1) is 21.6. The van der Waals surface area contributed by atoms with Gasteiger partial charge in [-0.2, -0.15) is 9.97 Å². The van der Waals surface area contributed by atoms with Crippen molar-refractivity contribution in [1.29, 1.82) is 0 Å². The minimum Gasteiger partial charge on any atom is -0.481 e. The Morgan fingerprint density at radius 3 is 2.51 bits per heavy atom. The molecule has 0 aliphatic carbocycles. The van der Waals surface area contributed by atoms with Crippen LogP contribution in [0.5, 0.6) is 5.88 Å². The zero-order valence-corrected chi connectivity index (χ0v) is 26.3. The van der Waals surface area contributed by atoms with Gasteiger partial charge in [-0.3, -0.25) is 9.69 Å². The van der Waals surface area contributed by atoms with E-state index in [1.54, 1.807) is 30.0 Å². The SMILES string of the molecule is C=CCn1c(=O)c2cnc(Nc3ccc(N4CCN(CCCNC(=O)OC(C)(C)C)CC4)cc3)nc2n1-c1cccc(OC)n1. The van der Waals surface area contributed by atoms with Crippen molar-refractivity contribution in [3.05, 3.63) is 71.7 Å². The molecule has 4 heterocycles. The van der Waals surface area contributed by atoms with Crippen molar-refractivity contribution in [1.82, 2.24) is 34.5 Å². The number of aromatic nitrogens is 5. The van der Waals surface area contributed by atoms with Crippen LogP contribution in [0.15, 0.2) is 66.1 Å². The highest BCUT2D eigenvalue weighted by atomic mass is 16.6. The molecule has 1 aromatic carbocycles. The van der Waals surface area contributed by atoms with E-state index < -0.39 is 5.60 Å². The Morgan fingerprint density at radius 2 is 1.82 bits per heavy atom. The molecule has 0 unspecified atom stereocenters. The first-order valence-electron chi connectivity index (χ1n) is 15.1. The summed E-state index contributed by atoms with van der Waals surface area (Å²) in [6.07, 6.45) is 3.69. The van der Waals surface area contributed by atoms with Crippen molar-refractivity contribution >= 4 is 34.4 Å². The maximum Gasteiger partial charge on any atom is 0.407 e. The molecule has 0 saturated carbocycles. The van der Waals surface area contributed by atoms with Crippen LogP contribution in [-0.2, 0) is 11.3 Å². The van der Waals surface area contributed by atoms with Crippen LogP contribution in [0.4, 0.5) is 22.1 Å². The normalized spacial score (nSPS) is 13.9. The molecule has 2 N–H and O–H groups in total. The van der Waals surface area contributed by atoms with E-state index in [0.717, 1.165) is 50.5 Å². The van der Waals surface area contributed by atoms with Crippen LogP contribution in [0.3, 0.4) is 0 Å². The first-order valence-corrected chi connectivity index (χ1v) is 15.1. The molecule has 1 fully saturated rings. The van der Waals surface area contributed by atoms with Crippen molar-refractivity contribution in [3.63, 3.8) is 0 Å². The molecule has 1 aliphatic heterocycles. The number of alkyl carbamates (subject to hydrolysis) is 1. The van der Waals surface area contributed by atoms with E-state index in [1.165, 1.54) is 10.9 Å². The van der Waals surface area contributed by atoms with Crippen LogP contribution < -0.4 is 25.8 Å². The van der Waals surface area contributed by atoms with Gasteiger partial charge in [0.2, 0.25) is 11.8 Å². The predicted octanol–water partition coefficient (Wildman–Crippen LogP) is 3.95. The van der Waals surface area contributed by atoms with Crippen LogP contribution in [-0.4, -0.2) is 87.3 Å². The second-order valence-corrected chi connectivity index (χ2v) is 11.7. The van der Waals surface area contributed by atoms with Gasteiger partial charge in [-0.25, -0.2) is 19.1 Å². The highest BCUT2D eigenvalue weighted by molar-refractivity contribution is 5.77. The van der Waals surface area contributed by atoms with Crippen LogP contribution in [0.1, 0.15) is 27.2 Å². The minimum atomic E-state index is -0.489. The van der Waals surface area contributed by atoms with Crippen LogP contribution >= 0.6 is 0 Å². The molecule has 45 heavy (non-hydrogen) atoms. The molecule has 0 atom stereocenters. The van der Waals surface area contributed by atoms with Crippen molar-refractivity contribution in [2.75, 3.05) is 56.6 Å². The smallest absolute Gasteiger partial charge is 0.407 e. The highest BCUT2D eigenvalue weighted by Gasteiger charge is 2.20. The van der Waals surface area contributed by atoms with Gasteiger partial charge in [0.05, 0.1) is 13.7 Å². The molecule has 0 radical (unpaired) electrons. The molecule has 1 aliphatic rings. The number of rotatable bonds is 11. The summed E-state index contributed by atoms with van der Waals surface area (Å²) in [6.45, 7) is 14.9. The van der Waals surface area contributed by atoms with Gasteiger partial charge < -0.3 is 25.0 Å². The quantitative estimate of drug-likeness (QED) is 0.189. The lowest BCUT2D eigenvalue weighted by Crippen LogP contribution is -2.47. The number of methoxy groups -OCH3 is 1. The number of amides is 1. The van der Waals surface area contributed by atoms with Crippen LogP contribution in [0.2, 0.25) is 0 Å². The number of carbonyl (C=O) groups excluding carboxylic acids is 1. The summed E-state index contributed by atoms with van der Waals surface area (Å²) in [5.74, 6) is 1.28. The summed E-state index contributed by atoms with van der Waals surface area (Å²) >= 11 is 0. The number of hydrogen-bond donors (Lipinski definition) is 2. The van der Waals surface area contributed by atoms with E-state index in [1.807, 2.05) is 39.0 Å². The van der Waals surface area contributed by atoms with E-state index >= 15 is 0 Å². The number of nitrogens with one attached hydrogen (secondary N) is 2. The monoisotopic (exact) mass is 615 g/mol. The zero-order valence-electron chi connectivity index (χ0n) is 26.3. The number of nitrogens with zero attached hydrogens (tertiary/aromatic N) is 7. The van der Waals surface area contributed by atoms with Gasteiger partial charge >= 0.3 is 6.09 Å². The lowest BCUT2D eigenvalue weighted by molar-refractivity contribution is 0.0525. The third kappa shape index (κ3) is 7.79. The van der Waals surface area contributed by atoms with E-state index in [-0.39, 0.29) is 18.2 Å². The Kier molecular flexibility index (Phi) is 9.67. The summed E-state index contributed by atoms with van der Waals surface area (Å²) in [5, 5.41) is 6.47. The van der Waals surface area contributed by atoms with E-state index in [9.17, 15) is 9.59 Å². The molecule has 1 amide bonds. The number of allylic oxidation sites excluding steroid dienone is 1. The molecule has 13 nitrogen and oxygen atoms in total. The summed E-state index contributed by atoms with van der Waals surface area (Å²) in [5.41, 5.74) is 1.67. The van der Waals surface area contributed by atoms with Gasteiger partial charge in [0.1, 0.15) is 11.0 Å². The molecule has 238 valence electrons. The third-order valence-corrected chi connectivity index (χ3v) is 7.29. The largest absolute Gasteiger partial charge is 0.481 e. The van der Waals surface area contributed by atoms with Crippen LogP contribution in [0.25, 0.3) is 16.9 Å². The fourth-order valence-electron chi connectivity index (χ4n) is 5.17. The molecular weight excluding hydrogens is 574 g/mol. The number of anilines is 3. The Morgan fingerprint density at radius 1 is 1.07 bits per heavy atom. The topological polar surface area (TPSA) is 132 Å². The number of hydrogen-bond acceptors (Lipinski definition) is 10. The molecule has 4 aromatic rings. The number of ether oxygens (including phenoxy) is 2. The number of benzene rings is 1. The number of piperazine rings is 1. The highest BCUT2D eigenvalue weighted by Crippen LogP contribution is 2.23. The van der Waals surface area contributed by atoms with Gasteiger partial charge in [0.15, 0.2) is 11.5 Å². The van der Waals surface area contributed by atoms with E-state index in [0.29, 0.717) is 35.2 Å². The average molecular weight is 616 g/mol. The summed E-state index contributed by atoms with van der Waals surface area (Å²) < 4.78 is 13.8. The van der Waals surface area contributed by atoms with Crippen molar-refractivity contribution in [2.24, 2.45) is 0 Å². The first kappa shape index (κ1) is 31.5. The second-order valence-electron chi connectivity index (χ2n) is 11.7. The average Bonchev–Trinajstić information content (AvgIpc) is 3.29. The lowest BCUT2D eigenvalue weighted by atomic mass is 10.2. The molecule has 0 bridgehead atoms. The number of carbonyl (C=O) groups is 1. The Labute approximate surface area is 262 Å². The summed E-state index contributed by atoms with van der Waals surface area (Å²) in [7, 11) is 1.54. The van der Waals surface area contributed by atoms with Crippen molar-refractivity contribution in [2.45, 2.75) is 39.3 Å². The molecule has 1 saturated heterocycles.